The first-order valence-electron chi connectivity index (χ1n) is 7.99. The predicted octanol–water partition coefficient (Wildman–Crippen LogP) is 3.28. The van der Waals surface area contributed by atoms with E-state index >= 15 is 0 Å². The summed E-state index contributed by atoms with van der Waals surface area (Å²) < 4.78 is 24.7. The lowest BCUT2D eigenvalue weighted by Crippen LogP contribution is -2.31. The normalized spacial score (nSPS) is 16.9. The van der Waals surface area contributed by atoms with E-state index in [1.807, 2.05) is 13.0 Å². The van der Waals surface area contributed by atoms with E-state index in [0.29, 0.717) is 5.56 Å². The number of benzene rings is 1. The summed E-state index contributed by atoms with van der Waals surface area (Å²) >= 11 is 0. The molecule has 2 aromatic rings. The minimum Gasteiger partial charge on any atom is -0.201 e. The maximum absolute atomic E-state index is 7.52. The fourth-order valence-corrected chi connectivity index (χ4v) is 2.89. The minimum atomic E-state index is -2.04. The van der Waals surface area contributed by atoms with Crippen LogP contribution in [0.5, 0.6) is 0 Å². The molecule has 0 N–H and O–H groups in total. The number of aromatic nitrogens is 1. The topological polar surface area (TPSA) is 3.88 Å². The molecule has 1 nitrogen and oxygen atoms in total. The van der Waals surface area contributed by atoms with Crippen molar-refractivity contribution >= 4 is 0 Å². The molecule has 0 saturated carbocycles. The van der Waals surface area contributed by atoms with Gasteiger partial charge < -0.3 is 0 Å². The molecular formula is C17H20N+. The number of rotatable bonds is 1. The Morgan fingerprint density at radius 1 is 1.17 bits per heavy atom. The average Bonchev–Trinajstić information content (AvgIpc) is 2.84. The Kier molecular flexibility index (Phi) is 1.99. The molecule has 3 rings (SSSR count). The average molecular weight is 241 g/mol. The van der Waals surface area contributed by atoms with E-state index in [-0.39, 0.29) is 0 Å². The van der Waals surface area contributed by atoms with Gasteiger partial charge in [-0.1, -0.05) is 17.7 Å². The Balaban J connectivity index is 2.09. The van der Waals surface area contributed by atoms with Crippen LogP contribution in [0.25, 0.3) is 11.3 Å². The molecule has 0 fully saturated rings. The summed E-state index contributed by atoms with van der Waals surface area (Å²) in [6.45, 7) is -0.0544. The molecule has 1 aromatic heterocycles. The maximum atomic E-state index is 7.52. The monoisotopic (exact) mass is 241 g/mol. The molecule has 18 heavy (non-hydrogen) atoms. The fourth-order valence-electron chi connectivity index (χ4n) is 2.89. The van der Waals surface area contributed by atoms with E-state index in [1.54, 1.807) is 12.1 Å². The molecule has 0 bridgehead atoms. The lowest BCUT2D eigenvalue weighted by molar-refractivity contribution is -0.660. The van der Waals surface area contributed by atoms with Crippen molar-refractivity contribution in [3.8, 4) is 11.3 Å². The van der Waals surface area contributed by atoms with Gasteiger partial charge in [-0.15, -0.1) is 0 Å². The van der Waals surface area contributed by atoms with Crippen LogP contribution in [0.3, 0.4) is 0 Å². The second kappa shape index (κ2) is 4.24. The molecule has 0 spiro atoms. The molecule has 0 atom stereocenters. The standard InChI is InChI=1S/C17H20N/c1-12-7-8-16(13(2)9-12)17-10-14-5-4-6-15(14)11-18(17)3/h7-11H,4-6H2,1-3H3/q+1/i1D3. The molecule has 1 aliphatic rings. The molecule has 0 aliphatic heterocycles. The summed E-state index contributed by atoms with van der Waals surface area (Å²) in [5.74, 6) is 0. The van der Waals surface area contributed by atoms with Gasteiger partial charge in [-0.05, 0) is 50.2 Å². The molecule has 0 unspecified atom stereocenters. The number of fused-ring (bicyclic) bond motifs is 1. The first kappa shape index (κ1) is 8.47. The zero-order valence-corrected chi connectivity index (χ0v) is 11.0. The van der Waals surface area contributed by atoms with Crippen molar-refractivity contribution in [3.05, 3.63) is 52.7 Å². The van der Waals surface area contributed by atoms with Gasteiger partial charge in [-0.3, -0.25) is 0 Å². The van der Waals surface area contributed by atoms with E-state index in [0.717, 1.165) is 23.2 Å². The van der Waals surface area contributed by atoms with Gasteiger partial charge in [-0.2, -0.15) is 0 Å². The van der Waals surface area contributed by atoms with Crippen molar-refractivity contribution in [1.29, 1.82) is 0 Å². The highest BCUT2D eigenvalue weighted by Gasteiger charge is 2.20. The lowest BCUT2D eigenvalue weighted by Gasteiger charge is -2.07. The van der Waals surface area contributed by atoms with Crippen molar-refractivity contribution in [2.45, 2.75) is 33.0 Å². The second-order valence-electron chi connectivity index (χ2n) is 5.20. The quantitative estimate of drug-likeness (QED) is 0.675. The summed E-state index contributed by atoms with van der Waals surface area (Å²) in [4.78, 5) is 0. The molecule has 0 radical (unpaired) electrons. The SMILES string of the molecule is [2H]C([2H])([2H])c1ccc(-c2cc3c(c[n+]2C)CCC3)c(C)c1. The van der Waals surface area contributed by atoms with Crippen LogP contribution in [0.15, 0.2) is 30.5 Å². The summed E-state index contributed by atoms with van der Waals surface area (Å²) in [6.07, 6.45) is 5.76. The highest BCUT2D eigenvalue weighted by Crippen LogP contribution is 2.27. The van der Waals surface area contributed by atoms with Gasteiger partial charge in [0.25, 0.3) is 0 Å². The van der Waals surface area contributed by atoms with Gasteiger partial charge in [0.1, 0.15) is 7.05 Å². The van der Waals surface area contributed by atoms with Gasteiger partial charge in [0, 0.05) is 21.3 Å². The summed E-state index contributed by atoms with van der Waals surface area (Å²) in [5.41, 5.74) is 6.57. The van der Waals surface area contributed by atoms with Crippen LogP contribution in [-0.4, -0.2) is 0 Å². The van der Waals surface area contributed by atoms with E-state index in [9.17, 15) is 0 Å². The molecular weight excluding hydrogens is 218 g/mol. The van der Waals surface area contributed by atoms with Gasteiger partial charge in [-0.25, -0.2) is 4.57 Å². The predicted molar refractivity (Wildman–Crippen MR) is 74.6 cm³/mol. The fraction of sp³-hybridized carbons (Fsp3) is 0.353. The Morgan fingerprint density at radius 2 is 2.00 bits per heavy atom. The van der Waals surface area contributed by atoms with E-state index in [2.05, 4.69) is 23.9 Å². The van der Waals surface area contributed by atoms with Crippen molar-refractivity contribution in [3.63, 3.8) is 0 Å². The zero-order valence-electron chi connectivity index (χ0n) is 14.0. The molecule has 1 heteroatoms. The Bertz CT molecular complexity index is 702. The van der Waals surface area contributed by atoms with Crippen molar-refractivity contribution in [2.75, 3.05) is 0 Å². The van der Waals surface area contributed by atoms with Gasteiger partial charge in [0.2, 0.25) is 5.69 Å². The Morgan fingerprint density at radius 3 is 2.78 bits per heavy atom. The Hall–Kier alpha value is -1.63. The van der Waals surface area contributed by atoms with Crippen LogP contribution in [0.4, 0.5) is 0 Å². The number of hydrogen-bond donors (Lipinski definition) is 0. The van der Waals surface area contributed by atoms with Gasteiger partial charge >= 0.3 is 0 Å². The smallest absolute Gasteiger partial charge is 0.201 e. The summed E-state index contributed by atoms with van der Waals surface area (Å²) in [5, 5.41) is 0. The lowest BCUT2D eigenvalue weighted by atomic mass is 10.0. The van der Waals surface area contributed by atoms with Crippen LogP contribution < -0.4 is 4.57 Å². The highest BCUT2D eigenvalue weighted by atomic mass is 14.9. The third kappa shape index (κ3) is 1.84. The largest absolute Gasteiger partial charge is 0.212 e. The number of pyridine rings is 1. The zero-order chi connectivity index (χ0) is 15.2. The van der Waals surface area contributed by atoms with Crippen molar-refractivity contribution < 1.29 is 8.68 Å². The Labute approximate surface area is 113 Å². The third-order valence-corrected chi connectivity index (χ3v) is 3.85. The van der Waals surface area contributed by atoms with E-state index < -0.39 is 6.85 Å². The summed E-state index contributed by atoms with van der Waals surface area (Å²) in [6, 6.07) is 7.71. The number of hydrogen-bond acceptors (Lipinski definition) is 0. The van der Waals surface area contributed by atoms with E-state index in [1.165, 1.54) is 24.0 Å². The van der Waals surface area contributed by atoms with Crippen LogP contribution in [0.2, 0.25) is 0 Å². The molecule has 1 heterocycles. The van der Waals surface area contributed by atoms with Gasteiger partial charge in [0.15, 0.2) is 6.20 Å². The van der Waals surface area contributed by atoms with Crippen molar-refractivity contribution in [2.24, 2.45) is 7.05 Å². The van der Waals surface area contributed by atoms with Gasteiger partial charge in [0.05, 0.1) is 0 Å². The van der Waals surface area contributed by atoms with Crippen LogP contribution in [0, 0.1) is 13.8 Å². The first-order valence-corrected chi connectivity index (χ1v) is 6.49. The maximum Gasteiger partial charge on any atom is 0.212 e. The second-order valence-corrected chi connectivity index (χ2v) is 5.20. The molecule has 1 aromatic carbocycles. The van der Waals surface area contributed by atoms with Crippen LogP contribution >= 0.6 is 0 Å². The highest BCUT2D eigenvalue weighted by molar-refractivity contribution is 5.62. The molecule has 1 aliphatic carbocycles. The minimum absolute atomic E-state index is 0.410. The number of nitrogens with zero attached hydrogens (tertiary/aromatic N) is 1. The van der Waals surface area contributed by atoms with Crippen LogP contribution in [0.1, 0.15) is 32.8 Å². The third-order valence-electron chi connectivity index (χ3n) is 3.85. The number of aryl methyl sites for hydroxylation is 5. The van der Waals surface area contributed by atoms with E-state index in [4.69, 9.17) is 4.11 Å². The first-order chi connectivity index (χ1) is 9.86. The summed E-state index contributed by atoms with van der Waals surface area (Å²) in [7, 11) is 2.06. The molecule has 0 saturated heterocycles. The molecule has 0 amide bonds. The molecule has 92 valence electrons. The van der Waals surface area contributed by atoms with Crippen molar-refractivity contribution in [1.82, 2.24) is 0 Å². The van der Waals surface area contributed by atoms with Crippen LogP contribution in [-0.2, 0) is 19.9 Å².